The molecule has 8 nitrogen and oxygen atoms in total. The second-order valence-electron chi connectivity index (χ2n) is 17.2. The van der Waals surface area contributed by atoms with Crippen LogP contribution in [0.15, 0.2) is 97.1 Å². The summed E-state index contributed by atoms with van der Waals surface area (Å²) >= 11 is 0. The summed E-state index contributed by atoms with van der Waals surface area (Å²) in [4.78, 5) is 44.4. The molecule has 4 aliphatic rings. The zero-order valence-electron chi connectivity index (χ0n) is 32.8. The number of hydrogen-bond acceptors (Lipinski definition) is 4. The number of para-hydroxylation sites is 2. The number of carbonyl (C=O) groups excluding carboxylic acids is 2. The standard InChI is InChI=1S/2C23H22F3N3O/c2*24-23(25,26)16-6-7-18-19(12-16)28-21(27-18)15-8-10-22(11-9-15)13-20(30)29(14-22)17-4-2-1-3-5-17/h2*1-7,12,15H,8-11,13-14H2,(H,27,28). The number of alkyl halides is 6. The van der Waals surface area contributed by atoms with Gasteiger partial charge in [0.2, 0.25) is 11.8 Å². The van der Waals surface area contributed by atoms with E-state index in [1.165, 1.54) is 12.1 Å². The molecular formula is C46H44F6N6O2. The van der Waals surface area contributed by atoms with Crippen molar-refractivity contribution < 1.29 is 35.9 Å². The highest BCUT2D eigenvalue weighted by molar-refractivity contribution is 5.97. The van der Waals surface area contributed by atoms with Gasteiger partial charge in [0.1, 0.15) is 11.6 Å². The number of aromatic nitrogens is 4. The summed E-state index contributed by atoms with van der Waals surface area (Å²) in [7, 11) is 0. The van der Waals surface area contributed by atoms with Gasteiger partial charge in [-0.1, -0.05) is 36.4 Å². The molecule has 60 heavy (non-hydrogen) atoms. The Balaban J connectivity index is 0.000000154. The molecule has 2 spiro atoms. The monoisotopic (exact) mass is 826 g/mol. The van der Waals surface area contributed by atoms with E-state index >= 15 is 0 Å². The number of benzene rings is 4. The van der Waals surface area contributed by atoms with Crippen LogP contribution in [0.3, 0.4) is 0 Å². The van der Waals surface area contributed by atoms with E-state index in [1.807, 2.05) is 70.5 Å². The lowest BCUT2D eigenvalue weighted by Crippen LogP contribution is -2.31. The number of anilines is 2. The van der Waals surface area contributed by atoms with Gasteiger partial charge in [0.25, 0.3) is 0 Å². The van der Waals surface area contributed by atoms with Gasteiger partial charge in [0.05, 0.1) is 33.2 Å². The van der Waals surface area contributed by atoms with Crippen molar-refractivity contribution in [3.63, 3.8) is 0 Å². The third-order valence-electron chi connectivity index (χ3n) is 13.3. The molecule has 4 aromatic carbocycles. The maximum atomic E-state index is 13.0. The first-order valence-electron chi connectivity index (χ1n) is 20.5. The number of carbonyl (C=O) groups is 2. The largest absolute Gasteiger partial charge is 0.416 e. The molecule has 6 aromatic rings. The van der Waals surface area contributed by atoms with E-state index in [9.17, 15) is 35.9 Å². The minimum absolute atomic E-state index is 0.0150. The SMILES string of the molecule is O=C1CC2(CCC(c3nc4ccc(C(F)(F)F)cc4[nH]3)CC2)CN1c1ccccc1.O=C1CC2(CCC(c3nc4ccc(C(F)(F)F)cc4[nH]3)CC2)CN1c1ccccc1. The fourth-order valence-corrected chi connectivity index (χ4v) is 9.95. The topological polar surface area (TPSA) is 98.0 Å². The number of nitrogens with one attached hydrogen (secondary N) is 2. The normalized spacial score (nSPS) is 24.8. The van der Waals surface area contributed by atoms with Gasteiger partial charge in [-0.25, -0.2) is 9.97 Å². The van der Waals surface area contributed by atoms with Gasteiger partial charge in [0, 0.05) is 49.1 Å². The Bertz CT molecular complexity index is 2340. The fourth-order valence-electron chi connectivity index (χ4n) is 9.95. The highest BCUT2D eigenvalue weighted by atomic mass is 19.4. The summed E-state index contributed by atoms with van der Waals surface area (Å²) in [6, 6.07) is 26.8. The van der Waals surface area contributed by atoms with Crippen LogP contribution in [0.25, 0.3) is 22.1 Å². The van der Waals surface area contributed by atoms with Gasteiger partial charge in [-0.15, -0.1) is 0 Å². The Labute approximate surface area is 342 Å². The van der Waals surface area contributed by atoms with E-state index in [1.54, 1.807) is 0 Å². The number of fused-ring (bicyclic) bond motifs is 2. The first-order chi connectivity index (χ1) is 28.7. The molecule has 14 heteroatoms. The van der Waals surface area contributed by atoms with Gasteiger partial charge in [-0.3, -0.25) is 9.59 Å². The van der Waals surface area contributed by atoms with Gasteiger partial charge < -0.3 is 19.8 Å². The number of imidazole rings is 2. The summed E-state index contributed by atoms with van der Waals surface area (Å²) < 4.78 is 77.8. The predicted molar refractivity (Wildman–Crippen MR) is 216 cm³/mol. The van der Waals surface area contributed by atoms with E-state index in [-0.39, 0.29) is 34.5 Å². The lowest BCUT2D eigenvalue weighted by molar-refractivity contribution is -0.138. The van der Waals surface area contributed by atoms with Crippen LogP contribution < -0.4 is 9.80 Å². The minimum atomic E-state index is -4.36. The van der Waals surface area contributed by atoms with Crippen molar-refractivity contribution in [2.24, 2.45) is 10.8 Å². The first-order valence-corrected chi connectivity index (χ1v) is 20.5. The Kier molecular flexibility index (Phi) is 10.0. The number of aromatic amines is 2. The van der Waals surface area contributed by atoms with Crippen molar-refractivity contribution in [3.8, 4) is 0 Å². The van der Waals surface area contributed by atoms with Crippen LogP contribution in [0.1, 0.15) is 98.8 Å². The average molecular weight is 827 g/mol. The molecule has 312 valence electrons. The average Bonchev–Trinajstić information content (AvgIpc) is 4.01. The molecule has 2 aromatic heterocycles. The molecule has 0 radical (unpaired) electrons. The molecule has 2 saturated carbocycles. The molecule has 2 aliphatic heterocycles. The minimum Gasteiger partial charge on any atom is -0.342 e. The first kappa shape index (κ1) is 39.8. The van der Waals surface area contributed by atoms with Crippen molar-refractivity contribution in [1.29, 1.82) is 0 Å². The zero-order chi connectivity index (χ0) is 41.9. The van der Waals surface area contributed by atoms with Crippen LogP contribution in [0.2, 0.25) is 0 Å². The van der Waals surface area contributed by atoms with E-state index in [2.05, 4.69) is 19.9 Å². The molecule has 0 bridgehead atoms. The highest BCUT2D eigenvalue weighted by Crippen LogP contribution is 2.51. The summed E-state index contributed by atoms with van der Waals surface area (Å²) in [5.41, 5.74) is 2.49. The lowest BCUT2D eigenvalue weighted by atomic mass is 9.69. The van der Waals surface area contributed by atoms with Crippen molar-refractivity contribution in [2.75, 3.05) is 22.9 Å². The van der Waals surface area contributed by atoms with E-state index < -0.39 is 23.5 Å². The van der Waals surface area contributed by atoms with E-state index in [0.29, 0.717) is 34.9 Å². The Morgan fingerprint density at radius 2 is 0.900 bits per heavy atom. The van der Waals surface area contributed by atoms with Crippen LogP contribution >= 0.6 is 0 Å². The summed E-state index contributed by atoms with van der Waals surface area (Å²) in [6.07, 6.45) is -0.447. The molecule has 4 fully saturated rings. The second-order valence-corrected chi connectivity index (χ2v) is 17.2. The van der Waals surface area contributed by atoms with Crippen LogP contribution in [0.5, 0.6) is 0 Å². The fraction of sp³-hybridized carbons (Fsp3) is 0.391. The van der Waals surface area contributed by atoms with Crippen LogP contribution in [0, 0.1) is 10.8 Å². The van der Waals surface area contributed by atoms with Gasteiger partial charge in [-0.05, 0) is 123 Å². The second kappa shape index (κ2) is 15.1. The zero-order valence-corrected chi connectivity index (χ0v) is 32.8. The molecular weight excluding hydrogens is 783 g/mol. The highest BCUT2D eigenvalue weighted by Gasteiger charge is 2.47. The molecule has 4 heterocycles. The van der Waals surface area contributed by atoms with Crippen LogP contribution in [-0.4, -0.2) is 44.8 Å². The van der Waals surface area contributed by atoms with Crippen molar-refractivity contribution in [2.45, 2.75) is 88.4 Å². The molecule has 10 rings (SSSR count). The van der Waals surface area contributed by atoms with Crippen LogP contribution in [0.4, 0.5) is 37.7 Å². The van der Waals surface area contributed by atoms with E-state index in [4.69, 9.17) is 0 Å². The predicted octanol–water partition coefficient (Wildman–Crippen LogP) is 11.3. The molecule has 2 amide bonds. The summed E-state index contributed by atoms with van der Waals surface area (Å²) in [6.45, 7) is 1.47. The summed E-state index contributed by atoms with van der Waals surface area (Å²) in [5, 5.41) is 0. The van der Waals surface area contributed by atoms with E-state index in [0.717, 1.165) is 112 Å². The number of rotatable bonds is 4. The Morgan fingerprint density at radius 3 is 1.25 bits per heavy atom. The number of amides is 2. The summed E-state index contributed by atoms with van der Waals surface area (Å²) in [5.74, 6) is 2.20. The van der Waals surface area contributed by atoms with Crippen molar-refractivity contribution >= 4 is 45.3 Å². The molecule has 0 unspecified atom stereocenters. The van der Waals surface area contributed by atoms with Gasteiger partial charge in [0.15, 0.2) is 0 Å². The third-order valence-corrected chi connectivity index (χ3v) is 13.3. The number of hydrogen-bond donors (Lipinski definition) is 2. The Morgan fingerprint density at radius 1 is 0.533 bits per heavy atom. The number of halogens is 6. The quantitative estimate of drug-likeness (QED) is 0.173. The van der Waals surface area contributed by atoms with Crippen LogP contribution in [-0.2, 0) is 21.9 Å². The number of nitrogens with zero attached hydrogens (tertiary/aromatic N) is 4. The van der Waals surface area contributed by atoms with Gasteiger partial charge in [-0.2, -0.15) is 26.3 Å². The maximum absolute atomic E-state index is 13.0. The van der Waals surface area contributed by atoms with Gasteiger partial charge >= 0.3 is 12.4 Å². The Hall–Kier alpha value is -5.66. The number of H-pyrrole nitrogens is 2. The smallest absolute Gasteiger partial charge is 0.342 e. The third kappa shape index (κ3) is 7.88. The van der Waals surface area contributed by atoms with Crippen molar-refractivity contribution in [3.05, 3.63) is 120 Å². The molecule has 2 aliphatic carbocycles. The van der Waals surface area contributed by atoms with Crippen molar-refractivity contribution in [1.82, 2.24) is 19.9 Å². The molecule has 2 N–H and O–H groups in total. The maximum Gasteiger partial charge on any atom is 0.416 e. The molecule has 2 saturated heterocycles. The lowest BCUT2D eigenvalue weighted by Gasteiger charge is -2.36. The molecule has 0 atom stereocenters.